The van der Waals surface area contributed by atoms with Gasteiger partial charge in [0.1, 0.15) is 17.4 Å². The molecule has 1 fully saturated rings. The second-order valence-corrected chi connectivity index (χ2v) is 6.02. The van der Waals surface area contributed by atoms with Crippen LogP contribution in [0.4, 0.5) is 0 Å². The molecule has 0 aromatic heterocycles. The Labute approximate surface area is 127 Å². The quantitative estimate of drug-likeness (QED) is 0.846. The van der Waals surface area contributed by atoms with E-state index in [1.165, 1.54) is 5.56 Å². The van der Waals surface area contributed by atoms with E-state index in [4.69, 9.17) is 10.5 Å². The number of primary amides is 1. The first-order valence-electron chi connectivity index (χ1n) is 7.84. The van der Waals surface area contributed by atoms with Crippen molar-refractivity contribution in [1.82, 2.24) is 5.32 Å². The lowest BCUT2D eigenvalue weighted by Crippen LogP contribution is -2.59. The Morgan fingerprint density at radius 2 is 2.14 bits per heavy atom. The Morgan fingerprint density at radius 1 is 1.43 bits per heavy atom. The average Bonchev–Trinajstić information content (AvgIpc) is 2.48. The molecule has 21 heavy (non-hydrogen) atoms. The molecule has 1 aliphatic rings. The zero-order chi connectivity index (χ0) is 15.3. The van der Waals surface area contributed by atoms with Crippen molar-refractivity contribution in [3.05, 3.63) is 29.8 Å². The standard InChI is InChI=1S/C17H26N2O2/c1-3-11-19-17(16(18)20)10-4-5-15(12-17)21-14-8-6-13(2)7-9-14/h6-9,15,19H,3-5,10-12H2,1-2H3,(H2,18,20). The van der Waals surface area contributed by atoms with Gasteiger partial charge in [-0.25, -0.2) is 0 Å². The minimum atomic E-state index is -0.608. The molecule has 4 heteroatoms. The lowest BCUT2D eigenvalue weighted by Gasteiger charge is -2.39. The van der Waals surface area contributed by atoms with Crippen molar-refractivity contribution in [2.75, 3.05) is 6.54 Å². The van der Waals surface area contributed by atoms with Crippen LogP contribution in [-0.4, -0.2) is 24.1 Å². The molecule has 2 unspecified atom stereocenters. The fraction of sp³-hybridized carbons (Fsp3) is 0.588. The number of carbonyl (C=O) groups excluding carboxylic acids is 1. The highest BCUT2D eigenvalue weighted by atomic mass is 16.5. The van der Waals surface area contributed by atoms with E-state index in [0.717, 1.165) is 38.0 Å². The Morgan fingerprint density at radius 3 is 2.76 bits per heavy atom. The second kappa shape index (κ2) is 6.94. The summed E-state index contributed by atoms with van der Waals surface area (Å²) in [5.41, 5.74) is 6.26. The van der Waals surface area contributed by atoms with Crippen LogP contribution in [0, 0.1) is 6.92 Å². The Hall–Kier alpha value is -1.55. The Kier molecular flexibility index (Phi) is 5.23. The number of hydrogen-bond donors (Lipinski definition) is 2. The smallest absolute Gasteiger partial charge is 0.237 e. The van der Waals surface area contributed by atoms with Crippen molar-refractivity contribution in [3.63, 3.8) is 0 Å². The summed E-state index contributed by atoms with van der Waals surface area (Å²) in [4.78, 5) is 11.9. The molecule has 0 saturated heterocycles. The number of aryl methyl sites for hydroxylation is 1. The first-order chi connectivity index (χ1) is 10.1. The van der Waals surface area contributed by atoms with E-state index < -0.39 is 5.54 Å². The number of carbonyl (C=O) groups is 1. The fourth-order valence-electron chi connectivity index (χ4n) is 2.97. The molecule has 0 heterocycles. The van der Waals surface area contributed by atoms with Crippen LogP contribution in [0.15, 0.2) is 24.3 Å². The highest BCUT2D eigenvalue weighted by Crippen LogP contribution is 2.31. The second-order valence-electron chi connectivity index (χ2n) is 6.02. The first-order valence-corrected chi connectivity index (χ1v) is 7.84. The maximum absolute atomic E-state index is 11.9. The highest BCUT2D eigenvalue weighted by Gasteiger charge is 2.41. The maximum atomic E-state index is 11.9. The lowest BCUT2D eigenvalue weighted by molar-refractivity contribution is -0.127. The van der Waals surface area contributed by atoms with Crippen LogP contribution in [0.2, 0.25) is 0 Å². The predicted octanol–water partition coefficient (Wildman–Crippen LogP) is 2.54. The van der Waals surface area contributed by atoms with E-state index in [2.05, 4.69) is 19.2 Å². The molecule has 0 aliphatic heterocycles. The summed E-state index contributed by atoms with van der Waals surface area (Å²) in [7, 11) is 0. The minimum Gasteiger partial charge on any atom is -0.490 e. The normalized spacial score (nSPS) is 25.5. The van der Waals surface area contributed by atoms with Crippen LogP contribution in [0.3, 0.4) is 0 Å². The van der Waals surface area contributed by atoms with Gasteiger partial charge in [0, 0.05) is 6.42 Å². The number of amides is 1. The van der Waals surface area contributed by atoms with Crippen molar-refractivity contribution in [1.29, 1.82) is 0 Å². The van der Waals surface area contributed by atoms with Crippen molar-refractivity contribution >= 4 is 5.91 Å². The Balaban J connectivity index is 2.04. The van der Waals surface area contributed by atoms with E-state index in [0.29, 0.717) is 6.42 Å². The SMILES string of the molecule is CCCNC1(C(N)=O)CCCC(Oc2ccc(C)cc2)C1. The van der Waals surface area contributed by atoms with Crippen molar-refractivity contribution in [2.45, 2.75) is 57.6 Å². The van der Waals surface area contributed by atoms with Gasteiger partial charge in [0.2, 0.25) is 5.91 Å². The first kappa shape index (κ1) is 15.8. The van der Waals surface area contributed by atoms with Crippen LogP contribution in [-0.2, 0) is 4.79 Å². The molecule has 1 amide bonds. The van der Waals surface area contributed by atoms with Gasteiger partial charge in [-0.05, 0) is 51.3 Å². The van der Waals surface area contributed by atoms with E-state index in [9.17, 15) is 4.79 Å². The fourth-order valence-corrected chi connectivity index (χ4v) is 2.97. The molecular formula is C17H26N2O2. The summed E-state index contributed by atoms with van der Waals surface area (Å²) < 4.78 is 6.05. The van der Waals surface area contributed by atoms with Crippen LogP contribution in [0.5, 0.6) is 5.75 Å². The van der Waals surface area contributed by atoms with Gasteiger partial charge in [-0.15, -0.1) is 0 Å². The summed E-state index contributed by atoms with van der Waals surface area (Å²) in [6.07, 6.45) is 4.40. The van der Waals surface area contributed by atoms with E-state index in [1.807, 2.05) is 24.3 Å². The van der Waals surface area contributed by atoms with Crippen LogP contribution in [0.1, 0.15) is 44.6 Å². The lowest BCUT2D eigenvalue weighted by atomic mass is 9.79. The molecule has 0 spiro atoms. The third kappa shape index (κ3) is 3.97. The van der Waals surface area contributed by atoms with Gasteiger partial charge >= 0.3 is 0 Å². The Bertz CT molecular complexity index is 472. The number of benzene rings is 1. The molecule has 1 saturated carbocycles. The van der Waals surface area contributed by atoms with Gasteiger partial charge in [-0.1, -0.05) is 24.6 Å². The molecule has 1 aromatic carbocycles. The molecule has 4 nitrogen and oxygen atoms in total. The van der Waals surface area contributed by atoms with Gasteiger partial charge in [0.05, 0.1) is 0 Å². The van der Waals surface area contributed by atoms with Gasteiger partial charge < -0.3 is 15.8 Å². The molecule has 0 radical (unpaired) electrons. The zero-order valence-electron chi connectivity index (χ0n) is 13.0. The van der Waals surface area contributed by atoms with E-state index in [1.54, 1.807) is 0 Å². The van der Waals surface area contributed by atoms with E-state index >= 15 is 0 Å². The van der Waals surface area contributed by atoms with Gasteiger partial charge in [-0.2, -0.15) is 0 Å². The van der Waals surface area contributed by atoms with Crippen molar-refractivity contribution in [2.24, 2.45) is 5.73 Å². The number of nitrogens with one attached hydrogen (secondary N) is 1. The van der Waals surface area contributed by atoms with Crippen LogP contribution in [0.25, 0.3) is 0 Å². The average molecular weight is 290 g/mol. The number of rotatable bonds is 6. The molecule has 2 atom stereocenters. The highest BCUT2D eigenvalue weighted by molar-refractivity contribution is 5.84. The largest absolute Gasteiger partial charge is 0.490 e. The molecule has 1 aromatic rings. The molecule has 1 aliphatic carbocycles. The molecule has 0 bridgehead atoms. The zero-order valence-corrected chi connectivity index (χ0v) is 13.0. The molecule has 3 N–H and O–H groups in total. The summed E-state index contributed by atoms with van der Waals surface area (Å²) >= 11 is 0. The summed E-state index contributed by atoms with van der Waals surface area (Å²) in [5.74, 6) is 0.606. The third-order valence-corrected chi connectivity index (χ3v) is 4.21. The van der Waals surface area contributed by atoms with Crippen molar-refractivity contribution < 1.29 is 9.53 Å². The van der Waals surface area contributed by atoms with Gasteiger partial charge in [0.25, 0.3) is 0 Å². The topological polar surface area (TPSA) is 64.3 Å². The number of nitrogens with two attached hydrogens (primary N) is 1. The molecule has 116 valence electrons. The third-order valence-electron chi connectivity index (χ3n) is 4.21. The van der Waals surface area contributed by atoms with Crippen molar-refractivity contribution in [3.8, 4) is 5.75 Å². The van der Waals surface area contributed by atoms with Gasteiger partial charge in [-0.3, -0.25) is 4.79 Å². The number of ether oxygens (including phenoxy) is 1. The van der Waals surface area contributed by atoms with Crippen LogP contribution < -0.4 is 15.8 Å². The minimum absolute atomic E-state index is 0.0401. The molecule has 2 rings (SSSR count). The molecular weight excluding hydrogens is 264 g/mol. The summed E-state index contributed by atoms with van der Waals surface area (Å²) in [6.45, 7) is 4.95. The maximum Gasteiger partial charge on any atom is 0.237 e. The van der Waals surface area contributed by atoms with Gasteiger partial charge in [0.15, 0.2) is 0 Å². The number of hydrogen-bond acceptors (Lipinski definition) is 3. The predicted molar refractivity (Wildman–Crippen MR) is 84.3 cm³/mol. The monoisotopic (exact) mass is 290 g/mol. The van der Waals surface area contributed by atoms with Crippen LogP contribution >= 0.6 is 0 Å². The van der Waals surface area contributed by atoms with E-state index in [-0.39, 0.29) is 12.0 Å². The summed E-state index contributed by atoms with van der Waals surface area (Å²) in [5, 5.41) is 3.35. The summed E-state index contributed by atoms with van der Waals surface area (Å²) in [6, 6.07) is 8.04.